The lowest BCUT2D eigenvalue weighted by Crippen LogP contribution is -2.45. The average Bonchev–Trinajstić information content (AvgIpc) is 2.37. The van der Waals surface area contributed by atoms with Crippen LogP contribution in [0.4, 0.5) is 0 Å². The number of carboxylic acid groups (broad SMARTS) is 1. The number of hydrogen-bond acceptors (Lipinski definition) is 2. The summed E-state index contributed by atoms with van der Waals surface area (Å²) in [7, 11) is 0. The van der Waals surface area contributed by atoms with Gasteiger partial charge in [0.05, 0.1) is 0 Å². The summed E-state index contributed by atoms with van der Waals surface area (Å²) >= 11 is 0. The monoisotopic (exact) mass is 275 g/mol. The molecule has 0 bridgehead atoms. The second-order valence-corrected chi connectivity index (χ2v) is 6.79. The molecule has 1 aliphatic rings. The first kappa shape index (κ1) is 15.0. The maximum Gasteiger partial charge on any atom is 0.320 e. The van der Waals surface area contributed by atoms with Crippen LogP contribution in [0.25, 0.3) is 0 Å². The van der Waals surface area contributed by atoms with Gasteiger partial charge in [0.25, 0.3) is 0 Å². The molecule has 0 radical (unpaired) electrons. The number of nitrogens with one attached hydrogen (secondary N) is 1. The molecule has 0 aromatic heterocycles. The Morgan fingerprint density at radius 3 is 2.60 bits per heavy atom. The third kappa shape index (κ3) is 2.88. The van der Waals surface area contributed by atoms with Gasteiger partial charge in [-0.15, -0.1) is 0 Å². The zero-order chi connectivity index (χ0) is 14.9. The summed E-state index contributed by atoms with van der Waals surface area (Å²) in [5, 5.41) is 12.7. The van der Waals surface area contributed by atoms with Crippen molar-refractivity contribution < 1.29 is 9.90 Å². The Labute approximate surface area is 121 Å². The highest BCUT2D eigenvalue weighted by Gasteiger charge is 2.34. The van der Waals surface area contributed by atoms with Crippen LogP contribution in [0.2, 0.25) is 0 Å². The highest BCUT2D eigenvalue weighted by Crippen LogP contribution is 2.41. The molecule has 2 N–H and O–H groups in total. The first-order valence-electron chi connectivity index (χ1n) is 7.41. The van der Waals surface area contributed by atoms with Gasteiger partial charge in [-0.1, -0.05) is 52.0 Å². The molecule has 2 rings (SSSR count). The Balaban J connectivity index is 2.29. The molecule has 0 fully saturated rings. The van der Waals surface area contributed by atoms with Gasteiger partial charge in [-0.05, 0) is 35.3 Å². The number of rotatable bonds is 4. The predicted molar refractivity (Wildman–Crippen MR) is 80.8 cm³/mol. The first-order valence-corrected chi connectivity index (χ1v) is 7.41. The molecule has 1 aliphatic carbocycles. The molecule has 0 saturated heterocycles. The van der Waals surface area contributed by atoms with E-state index in [1.807, 2.05) is 19.9 Å². The maximum absolute atomic E-state index is 11.4. The smallest absolute Gasteiger partial charge is 0.320 e. The van der Waals surface area contributed by atoms with Crippen molar-refractivity contribution in [2.75, 3.05) is 0 Å². The lowest BCUT2D eigenvalue weighted by molar-refractivity contribution is -0.141. The van der Waals surface area contributed by atoms with Crippen LogP contribution in [0, 0.1) is 5.92 Å². The molecule has 1 aromatic carbocycles. The number of hydrogen-bond donors (Lipinski definition) is 2. The molecule has 20 heavy (non-hydrogen) atoms. The summed E-state index contributed by atoms with van der Waals surface area (Å²) in [6.07, 6.45) is 2.06. The van der Waals surface area contributed by atoms with Gasteiger partial charge in [-0.2, -0.15) is 0 Å². The van der Waals surface area contributed by atoms with E-state index >= 15 is 0 Å². The lowest BCUT2D eigenvalue weighted by atomic mass is 9.71. The molecule has 0 heterocycles. The summed E-state index contributed by atoms with van der Waals surface area (Å²) in [4.78, 5) is 11.4. The minimum atomic E-state index is -0.762. The van der Waals surface area contributed by atoms with Crippen LogP contribution < -0.4 is 5.32 Å². The molecule has 3 nitrogen and oxygen atoms in total. The van der Waals surface area contributed by atoms with Gasteiger partial charge in [0.15, 0.2) is 0 Å². The van der Waals surface area contributed by atoms with Crippen molar-refractivity contribution in [1.29, 1.82) is 0 Å². The normalized spacial score (nSPS) is 22.4. The maximum atomic E-state index is 11.4. The number of carboxylic acids is 1. The molecule has 0 spiro atoms. The molecule has 3 heteroatoms. The Bertz CT molecular complexity index is 494. The summed E-state index contributed by atoms with van der Waals surface area (Å²) in [6.45, 7) is 8.42. The first-order chi connectivity index (χ1) is 9.33. The highest BCUT2D eigenvalue weighted by molar-refractivity contribution is 5.73. The third-order valence-corrected chi connectivity index (χ3v) is 4.44. The van der Waals surface area contributed by atoms with Crippen LogP contribution in [-0.4, -0.2) is 17.1 Å². The van der Waals surface area contributed by atoms with Crippen LogP contribution in [0.15, 0.2) is 24.3 Å². The Hall–Kier alpha value is -1.35. The summed E-state index contributed by atoms with van der Waals surface area (Å²) in [5.74, 6) is -0.683. The van der Waals surface area contributed by atoms with E-state index in [4.69, 9.17) is 0 Å². The van der Waals surface area contributed by atoms with E-state index < -0.39 is 12.0 Å². The summed E-state index contributed by atoms with van der Waals surface area (Å²) in [5.41, 5.74) is 2.78. The highest BCUT2D eigenvalue weighted by atomic mass is 16.4. The molecular weight excluding hydrogens is 250 g/mol. The predicted octanol–water partition coefficient (Wildman–Crippen LogP) is 3.50. The van der Waals surface area contributed by atoms with Crippen molar-refractivity contribution in [3.05, 3.63) is 35.4 Å². The molecule has 2 atom stereocenters. The fraction of sp³-hybridized carbons (Fsp3) is 0.588. The average molecular weight is 275 g/mol. The lowest BCUT2D eigenvalue weighted by Gasteiger charge is -2.38. The van der Waals surface area contributed by atoms with E-state index in [-0.39, 0.29) is 17.4 Å². The zero-order valence-corrected chi connectivity index (χ0v) is 12.8. The largest absolute Gasteiger partial charge is 0.480 e. The molecule has 1 aromatic rings. The van der Waals surface area contributed by atoms with Crippen molar-refractivity contribution in [2.45, 2.75) is 58.0 Å². The van der Waals surface area contributed by atoms with Crippen LogP contribution in [0.5, 0.6) is 0 Å². The summed E-state index contributed by atoms with van der Waals surface area (Å²) in [6, 6.07) is 8.07. The SMILES string of the molecule is CC(C)C(NC1CCC(C)(C)c2ccccc21)C(=O)O. The van der Waals surface area contributed by atoms with Crippen molar-refractivity contribution in [2.24, 2.45) is 5.92 Å². The topological polar surface area (TPSA) is 49.3 Å². The van der Waals surface area contributed by atoms with Crippen LogP contribution in [0.1, 0.15) is 57.7 Å². The van der Waals surface area contributed by atoms with E-state index in [1.165, 1.54) is 11.1 Å². The second-order valence-electron chi connectivity index (χ2n) is 6.79. The standard InChI is InChI=1S/C17H25NO2/c1-11(2)15(16(19)20)18-14-9-10-17(3,4)13-8-6-5-7-12(13)14/h5-8,11,14-15,18H,9-10H2,1-4H3,(H,19,20). The molecular formula is C17H25NO2. The number of fused-ring (bicyclic) bond motifs is 1. The number of aliphatic carboxylic acids is 1. The van der Waals surface area contributed by atoms with Crippen molar-refractivity contribution in [1.82, 2.24) is 5.32 Å². The fourth-order valence-electron chi connectivity index (χ4n) is 3.15. The van der Waals surface area contributed by atoms with Crippen LogP contribution >= 0.6 is 0 Å². The van der Waals surface area contributed by atoms with Gasteiger partial charge in [-0.3, -0.25) is 10.1 Å². The Morgan fingerprint density at radius 1 is 1.35 bits per heavy atom. The van der Waals surface area contributed by atoms with Crippen LogP contribution in [0.3, 0.4) is 0 Å². The second kappa shape index (κ2) is 5.57. The number of carbonyl (C=O) groups is 1. The third-order valence-electron chi connectivity index (χ3n) is 4.44. The summed E-state index contributed by atoms with van der Waals surface area (Å²) < 4.78 is 0. The zero-order valence-electron chi connectivity index (χ0n) is 12.8. The van der Waals surface area contributed by atoms with Gasteiger partial charge < -0.3 is 5.11 Å². The van der Waals surface area contributed by atoms with Gasteiger partial charge in [0.2, 0.25) is 0 Å². The van der Waals surface area contributed by atoms with E-state index in [2.05, 4.69) is 37.4 Å². The van der Waals surface area contributed by atoms with Crippen molar-refractivity contribution in [3.8, 4) is 0 Å². The van der Waals surface area contributed by atoms with Gasteiger partial charge in [0.1, 0.15) is 6.04 Å². The van der Waals surface area contributed by atoms with Crippen LogP contribution in [-0.2, 0) is 10.2 Å². The van der Waals surface area contributed by atoms with E-state index in [1.54, 1.807) is 0 Å². The van der Waals surface area contributed by atoms with Gasteiger partial charge >= 0.3 is 5.97 Å². The number of benzene rings is 1. The van der Waals surface area contributed by atoms with E-state index in [0.717, 1.165) is 12.8 Å². The van der Waals surface area contributed by atoms with E-state index in [9.17, 15) is 9.90 Å². The minimum absolute atomic E-state index is 0.0783. The molecule has 0 saturated carbocycles. The van der Waals surface area contributed by atoms with Crippen molar-refractivity contribution >= 4 is 5.97 Å². The quantitative estimate of drug-likeness (QED) is 0.884. The fourth-order valence-corrected chi connectivity index (χ4v) is 3.15. The minimum Gasteiger partial charge on any atom is -0.480 e. The van der Waals surface area contributed by atoms with Gasteiger partial charge in [-0.25, -0.2) is 0 Å². The van der Waals surface area contributed by atoms with Gasteiger partial charge in [0, 0.05) is 6.04 Å². The van der Waals surface area contributed by atoms with Crippen molar-refractivity contribution in [3.63, 3.8) is 0 Å². The van der Waals surface area contributed by atoms with E-state index in [0.29, 0.717) is 0 Å². The molecule has 2 unspecified atom stereocenters. The molecule has 0 amide bonds. The molecule has 110 valence electrons. The Morgan fingerprint density at radius 2 is 2.00 bits per heavy atom. The molecule has 0 aliphatic heterocycles. The Kier molecular flexibility index (Phi) is 4.19.